The maximum Gasteiger partial charge on any atom is 0.273 e. The fraction of sp³-hybridized carbons (Fsp3) is 0.500. The van der Waals surface area contributed by atoms with Crippen LogP contribution in [0.5, 0.6) is 0 Å². The maximum absolute atomic E-state index is 11.6. The molecule has 0 saturated heterocycles. The van der Waals surface area contributed by atoms with Crippen LogP contribution in [-0.4, -0.2) is 22.2 Å². The summed E-state index contributed by atoms with van der Waals surface area (Å²) in [6.45, 7) is 8.09. The molecule has 0 saturated carbocycles. The second-order valence-electron chi connectivity index (χ2n) is 4.82. The van der Waals surface area contributed by atoms with Crippen molar-refractivity contribution >= 4 is 11.7 Å². The van der Waals surface area contributed by atoms with Crippen LogP contribution in [0.3, 0.4) is 0 Å². The zero-order valence-corrected chi connectivity index (χ0v) is 9.61. The lowest BCUT2D eigenvalue weighted by Crippen LogP contribution is -2.44. The molecule has 0 aromatic carbocycles. The molecular formula is C12H16N2O. The molecule has 0 aromatic heterocycles. The number of allylic oxidation sites excluding steroid dienone is 2. The molecule has 0 radical (unpaired) electrons. The van der Waals surface area contributed by atoms with Gasteiger partial charge in [0.15, 0.2) is 0 Å². The standard InChI is InChI=1S/C12H16N2O/c1-8(2)9-5-6-10-13-11(15)12(3,4)14(10)7-9/h5-8H,1-4H3. The van der Waals surface area contributed by atoms with Crippen LogP contribution in [0.2, 0.25) is 0 Å². The molecule has 3 nitrogen and oxygen atoms in total. The number of rotatable bonds is 1. The predicted octanol–water partition coefficient (Wildman–Crippen LogP) is 2.12. The Labute approximate surface area is 90.2 Å². The Hall–Kier alpha value is -1.38. The van der Waals surface area contributed by atoms with E-state index in [0.717, 1.165) is 5.84 Å². The average molecular weight is 204 g/mol. The highest BCUT2D eigenvalue weighted by Crippen LogP contribution is 2.29. The maximum atomic E-state index is 11.6. The summed E-state index contributed by atoms with van der Waals surface area (Å²) in [5.74, 6) is 1.16. The van der Waals surface area contributed by atoms with Crippen molar-refractivity contribution in [2.75, 3.05) is 0 Å². The summed E-state index contributed by atoms with van der Waals surface area (Å²) in [6, 6.07) is 0. The molecule has 0 bridgehead atoms. The number of amides is 1. The van der Waals surface area contributed by atoms with Crippen LogP contribution in [0.4, 0.5) is 0 Å². The van der Waals surface area contributed by atoms with Crippen molar-refractivity contribution in [1.29, 1.82) is 0 Å². The van der Waals surface area contributed by atoms with Crippen molar-refractivity contribution in [2.24, 2.45) is 10.9 Å². The lowest BCUT2D eigenvalue weighted by Gasteiger charge is -2.31. The highest BCUT2D eigenvalue weighted by atomic mass is 16.2. The Kier molecular flexibility index (Phi) is 2.07. The summed E-state index contributed by atoms with van der Waals surface area (Å²) in [5.41, 5.74) is 0.706. The van der Waals surface area contributed by atoms with Gasteiger partial charge in [0.05, 0.1) is 0 Å². The van der Waals surface area contributed by atoms with Gasteiger partial charge < -0.3 is 4.90 Å². The largest absolute Gasteiger partial charge is 0.318 e. The average Bonchev–Trinajstić information content (AvgIpc) is 2.38. The highest BCUT2D eigenvalue weighted by Gasteiger charge is 2.41. The van der Waals surface area contributed by atoms with Gasteiger partial charge in [-0.2, -0.15) is 4.99 Å². The molecule has 15 heavy (non-hydrogen) atoms. The molecule has 0 aromatic rings. The van der Waals surface area contributed by atoms with Gasteiger partial charge in [-0.15, -0.1) is 0 Å². The molecule has 0 atom stereocenters. The third-order valence-electron chi connectivity index (χ3n) is 2.96. The minimum Gasteiger partial charge on any atom is -0.318 e. The summed E-state index contributed by atoms with van der Waals surface area (Å²) < 4.78 is 0. The fourth-order valence-electron chi connectivity index (χ4n) is 1.73. The minimum absolute atomic E-state index is 0.0663. The van der Waals surface area contributed by atoms with Crippen LogP contribution in [-0.2, 0) is 4.79 Å². The topological polar surface area (TPSA) is 32.7 Å². The lowest BCUT2D eigenvalue weighted by atomic mass is 9.98. The molecule has 2 aliphatic rings. The Morgan fingerprint density at radius 2 is 2.00 bits per heavy atom. The molecule has 0 aliphatic carbocycles. The molecule has 0 N–H and O–H groups in total. The third kappa shape index (κ3) is 1.42. The van der Waals surface area contributed by atoms with E-state index in [1.54, 1.807) is 0 Å². The van der Waals surface area contributed by atoms with Crippen LogP contribution in [0.15, 0.2) is 28.9 Å². The minimum atomic E-state index is -0.528. The van der Waals surface area contributed by atoms with Crippen molar-refractivity contribution in [2.45, 2.75) is 33.2 Å². The molecule has 2 rings (SSSR count). The van der Waals surface area contributed by atoms with Crippen molar-refractivity contribution < 1.29 is 4.79 Å². The number of amidine groups is 1. The molecule has 0 unspecified atom stereocenters. The molecule has 2 aliphatic heterocycles. The van der Waals surface area contributed by atoms with Crippen molar-refractivity contribution in [1.82, 2.24) is 4.90 Å². The molecule has 3 heteroatoms. The third-order valence-corrected chi connectivity index (χ3v) is 2.96. The Morgan fingerprint density at radius 3 is 2.60 bits per heavy atom. The van der Waals surface area contributed by atoms with Crippen LogP contribution in [0.25, 0.3) is 0 Å². The van der Waals surface area contributed by atoms with E-state index < -0.39 is 5.54 Å². The van der Waals surface area contributed by atoms with Crippen LogP contribution in [0.1, 0.15) is 27.7 Å². The van der Waals surface area contributed by atoms with Gasteiger partial charge in [-0.05, 0) is 31.4 Å². The number of fused-ring (bicyclic) bond motifs is 1. The predicted molar refractivity (Wildman–Crippen MR) is 60.4 cm³/mol. The van der Waals surface area contributed by atoms with E-state index in [1.807, 2.05) is 37.1 Å². The van der Waals surface area contributed by atoms with Crippen LogP contribution in [0, 0.1) is 5.92 Å². The van der Waals surface area contributed by atoms with Crippen LogP contribution >= 0.6 is 0 Å². The number of nitrogens with zero attached hydrogens (tertiary/aromatic N) is 2. The van der Waals surface area contributed by atoms with Gasteiger partial charge in [-0.3, -0.25) is 4.79 Å². The van der Waals surface area contributed by atoms with E-state index >= 15 is 0 Å². The summed E-state index contributed by atoms with van der Waals surface area (Å²) >= 11 is 0. The van der Waals surface area contributed by atoms with Crippen molar-refractivity contribution in [3.05, 3.63) is 23.9 Å². The summed E-state index contributed by atoms with van der Waals surface area (Å²) in [7, 11) is 0. The smallest absolute Gasteiger partial charge is 0.273 e. The van der Waals surface area contributed by atoms with Gasteiger partial charge in [0, 0.05) is 6.20 Å². The summed E-state index contributed by atoms with van der Waals surface area (Å²) in [5, 5.41) is 0. The Morgan fingerprint density at radius 1 is 1.33 bits per heavy atom. The van der Waals surface area contributed by atoms with E-state index in [1.165, 1.54) is 5.57 Å². The summed E-state index contributed by atoms with van der Waals surface area (Å²) in [6.07, 6.45) is 5.99. The normalized spacial score (nSPS) is 23.0. The van der Waals surface area contributed by atoms with Gasteiger partial charge in [-0.25, -0.2) is 0 Å². The van der Waals surface area contributed by atoms with Gasteiger partial charge in [0.1, 0.15) is 11.4 Å². The van der Waals surface area contributed by atoms with Gasteiger partial charge >= 0.3 is 0 Å². The number of hydrogen-bond acceptors (Lipinski definition) is 2. The van der Waals surface area contributed by atoms with E-state index in [4.69, 9.17) is 0 Å². The van der Waals surface area contributed by atoms with E-state index in [-0.39, 0.29) is 5.91 Å². The van der Waals surface area contributed by atoms with E-state index in [2.05, 4.69) is 18.8 Å². The van der Waals surface area contributed by atoms with E-state index in [0.29, 0.717) is 5.92 Å². The van der Waals surface area contributed by atoms with Crippen molar-refractivity contribution in [3.63, 3.8) is 0 Å². The SMILES string of the molecule is CC(C)C1=CN2C(=NC(=O)C2(C)C)C=C1. The lowest BCUT2D eigenvalue weighted by molar-refractivity contribution is -0.123. The van der Waals surface area contributed by atoms with Gasteiger partial charge in [-0.1, -0.05) is 19.9 Å². The van der Waals surface area contributed by atoms with Crippen LogP contribution < -0.4 is 0 Å². The van der Waals surface area contributed by atoms with Gasteiger partial charge in [0.2, 0.25) is 0 Å². The summed E-state index contributed by atoms with van der Waals surface area (Å²) in [4.78, 5) is 17.6. The van der Waals surface area contributed by atoms with E-state index in [9.17, 15) is 4.79 Å². The molecular weight excluding hydrogens is 188 g/mol. The molecule has 0 fully saturated rings. The first kappa shape index (κ1) is 10.1. The molecule has 2 heterocycles. The number of aliphatic imine (C=N–C) groups is 1. The van der Waals surface area contributed by atoms with Crippen molar-refractivity contribution in [3.8, 4) is 0 Å². The fourth-order valence-corrected chi connectivity index (χ4v) is 1.73. The molecule has 0 spiro atoms. The second kappa shape index (κ2) is 3.05. The molecule has 1 amide bonds. The molecule has 80 valence electrons. The first-order chi connectivity index (χ1) is 6.93. The number of carbonyl (C=O) groups excluding carboxylic acids is 1. The number of carbonyl (C=O) groups is 1. The monoisotopic (exact) mass is 204 g/mol. The zero-order chi connectivity index (χ0) is 11.2. The highest BCUT2D eigenvalue weighted by molar-refractivity contribution is 6.11. The first-order valence-corrected chi connectivity index (χ1v) is 5.25. The number of hydrogen-bond donors (Lipinski definition) is 0. The first-order valence-electron chi connectivity index (χ1n) is 5.25. The quantitative estimate of drug-likeness (QED) is 0.655. The zero-order valence-electron chi connectivity index (χ0n) is 9.61. The van der Waals surface area contributed by atoms with Gasteiger partial charge in [0.25, 0.3) is 5.91 Å². The Bertz CT molecular complexity index is 400. The second-order valence-corrected chi connectivity index (χ2v) is 4.82. The Balaban J connectivity index is 2.40.